The highest BCUT2D eigenvalue weighted by Crippen LogP contribution is 2.24. The van der Waals surface area contributed by atoms with Gasteiger partial charge in [0.05, 0.1) is 18.9 Å². The molecular formula is C20H18N2O4. The number of amides is 2. The van der Waals surface area contributed by atoms with Crippen LogP contribution in [-0.4, -0.2) is 18.9 Å². The minimum absolute atomic E-state index is 0.213. The molecule has 0 aliphatic heterocycles. The van der Waals surface area contributed by atoms with Gasteiger partial charge in [-0.15, -0.1) is 0 Å². The molecule has 2 aromatic carbocycles. The van der Waals surface area contributed by atoms with Gasteiger partial charge < -0.3 is 19.8 Å². The molecule has 0 radical (unpaired) electrons. The second-order valence-corrected chi connectivity index (χ2v) is 5.62. The largest absolute Gasteiger partial charge is 0.496 e. The zero-order valence-electron chi connectivity index (χ0n) is 14.4. The number of carbonyl (C=O) groups excluding carboxylic acids is 2. The van der Waals surface area contributed by atoms with Crippen LogP contribution >= 0.6 is 0 Å². The van der Waals surface area contributed by atoms with E-state index in [1.165, 1.54) is 13.4 Å². The third-order valence-electron chi connectivity index (χ3n) is 3.84. The number of nitrogens with one attached hydrogen (secondary N) is 2. The molecule has 0 bridgehead atoms. The van der Waals surface area contributed by atoms with Gasteiger partial charge in [0, 0.05) is 11.4 Å². The average Bonchev–Trinajstić information content (AvgIpc) is 3.19. The maximum absolute atomic E-state index is 12.6. The van der Waals surface area contributed by atoms with Crippen molar-refractivity contribution in [2.45, 2.75) is 6.92 Å². The number of rotatable bonds is 5. The van der Waals surface area contributed by atoms with Crippen LogP contribution in [0, 0.1) is 6.92 Å². The Hall–Kier alpha value is -3.54. The van der Waals surface area contributed by atoms with E-state index in [-0.39, 0.29) is 17.6 Å². The Bertz CT molecular complexity index is 933. The highest BCUT2D eigenvalue weighted by Gasteiger charge is 2.14. The van der Waals surface area contributed by atoms with Crippen molar-refractivity contribution < 1.29 is 18.7 Å². The molecule has 6 nitrogen and oxygen atoms in total. The SMILES string of the molecule is COc1ccccc1C(=O)Nc1cc(NC(=O)c2ccco2)ccc1C. The van der Waals surface area contributed by atoms with E-state index in [1.54, 1.807) is 48.5 Å². The van der Waals surface area contributed by atoms with Crippen LogP contribution in [0.15, 0.2) is 65.3 Å². The fourth-order valence-electron chi connectivity index (χ4n) is 2.46. The van der Waals surface area contributed by atoms with Gasteiger partial charge in [-0.05, 0) is 48.9 Å². The van der Waals surface area contributed by atoms with Crippen molar-refractivity contribution in [1.29, 1.82) is 0 Å². The van der Waals surface area contributed by atoms with E-state index in [9.17, 15) is 9.59 Å². The topological polar surface area (TPSA) is 80.6 Å². The van der Waals surface area contributed by atoms with Gasteiger partial charge in [0.25, 0.3) is 11.8 Å². The molecule has 132 valence electrons. The highest BCUT2D eigenvalue weighted by molar-refractivity contribution is 6.07. The summed E-state index contributed by atoms with van der Waals surface area (Å²) in [6.07, 6.45) is 1.43. The van der Waals surface area contributed by atoms with Crippen molar-refractivity contribution in [3.05, 3.63) is 77.7 Å². The average molecular weight is 350 g/mol. The first-order chi connectivity index (χ1) is 12.6. The number of methoxy groups -OCH3 is 1. The molecule has 0 aliphatic rings. The Morgan fingerprint density at radius 2 is 1.77 bits per heavy atom. The summed E-state index contributed by atoms with van der Waals surface area (Å²) in [6.45, 7) is 1.87. The zero-order valence-corrected chi connectivity index (χ0v) is 14.4. The minimum Gasteiger partial charge on any atom is -0.496 e. The van der Waals surface area contributed by atoms with Crippen LogP contribution in [0.4, 0.5) is 11.4 Å². The van der Waals surface area contributed by atoms with Crippen molar-refractivity contribution in [2.24, 2.45) is 0 Å². The Labute approximate surface area is 150 Å². The summed E-state index contributed by atoms with van der Waals surface area (Å²) < 4.78 is 10.3. The fraction of sp³-hybridized carbons (Fsp3) is 0.100. The van der Waals surface area contributed by atoms with E-state index in [0.717, 1.165) is 5.56 Å². The lowest BCUT2D eigenvalue weighted by molar-refractivity contribution is 0.0994. The third-order valence-corrected chi connectivity index (χ3v) is 3.84. The van der Waals surface area contributed by atoms with E-state index in [2.05, 4.69) is 10.6 Å². The van der Waals surface area contributed by atoms with Crippen LogP contribution in [0.25, 0.3) is 0 Å². The summed E-state index contributed by atoms with van der Waals surface area (Å²) in [4.78, 5) is 24.7. The summed E-state index contributed by atoms with van der Waals surface area (Å²) in [5.41, 5.74) is 2.44. The predicted molar refractivity (Wildman–Crippen MR) is 98.8 cm³/mol. The molecule has 2 N–H and O–H groups in total. The van der Waals surface area contributed by atoms with Gasteiger partial charge in [0.1, 0.15) is 5.75 Å². The second kappa shape index (κ2) is 7.57. The lowest BCUT2D eigenvalue weighted by Crippen LogP contribution is -2.15. The number of ether oxygens (including phenoxy) is 1. The van der Waals surface area contributed by atoms with Crippen LogP contribution in [0.3, 0.4) is 0 Å². The van der Waals surface area contributed by atoms with E-state index in [4.69, 9.17) is 9.15 Å². The van der Waals surface area contributed by atoms with Crippen LogP contribution in [0.1, 0.15) is 26.5 Å². The van der Waals surface area contributed by atoms with Gasteiger partial charge in [-0.3, -0.25) is 9.59 Å². The molecule has 3 aromatic rings. The number of carbonyl (C=O) groups is 2. The summed E-state index contributed by atoms with van der Waals surface area (Å²) in [7, 11) is 1.52. The molecular weight excluding hydrogens is 332 g/mol. The van der Waals surface area contributed by atoms with Gasteiger partial charge in [-0.1, -0.05) is 18.2 Å². The van der Waals surface area contributed by atoms with Crippen molar-refractivity contribution in [3.63, 3.8) is 0 Å². The van der Waals surface area contributed by atoms with Gasteiger partial charge in [-0.2, -0.15) is 0 Å². The molecule has 0 atom stereocenters. The first kappa shape index (κ1) is 17.3. The van der Waals surface area contributed by atoms with Crippen molar-refractivity contribution in [2.75, 3.05) is 17.7 Å². The molecule has 1 aromatic heterocycles. The van der Waals surface area contributed by atoms with Crippen molar-refractivity contribution >= 4 is 23.2 Å². The third kappa shape index (κ3) is 3.75. The molecule has 0 saturated carbocycles. The van der Waals surface area contributed by atoms with Crippen molar-refractivity contribution in [1.82, 2.24) is 0 Å². The fourth-order valence-corrected chi connectivity index (χ4v) is 2.46. The molecule has 0 fully saturated rings. The Balaban J connectivity index is 1.79. The van der Waals surface area contributed by atoms with E-state index < -0.39 is 0 Å². The highest BCUT2D eigenvalue weighted by atomic mass is 16.5. The maximum Gasteiger partial charge on any atom is 0.291 e. The van der Waals surface area contributed by atoms with E-state index >= 15 is 0 Å². The van der Waals surface area contributed by atoms with E-state index in [0.29, 0.717) is 22.7 Å². The van der Waals surface area contributed by atoms with Crippen LogP contribution < -0.4 is 15.4 Å². The van der Waals surface area contributed by atoms with Crippen LogP contribution in [0.2, 0.25) is 0 Å². The second-order valence-electron chi connectivity index (χ2n) is 5.62. The zero-order chi connectivity index (χ0) is 18.5. The van der Waals surface area contributed by atoms with Gasteiger partial charge in [0.2, 0.25) is 0 Å². The lowest BCUT2D eigenvalue weighted by Gasteiger charge is -2.13. The molecule has 3 rings (SSSR count). The number of furan rings is 1. The molecule has 0 spiro atoms. The smallest absolute Gasteiger partial charge is 0.291 e. The number of anilines is 2. The first-order valence-corrected chi connectivity index (χ1v) is 7.98. The van der Waals surface area contributed by atoms with Gasteiger partial charge >= 0.3 is 0 Å². The number of benzene rings is 2. The van der Waals surface area contributed by atoms with Crippen LogP contribution in [0.5, 0.6) is 5.75 Å². The molecule has 2 amide bonds. The summed E-state index contributed by atoms with van der Waals surface area (Å²) in [5, 5.41) is 5.59. The van der Waals surface area contributed by atoms with Crippen LogP contribution in [-0.2, 0) is 0 Å². The quantitative estimate of drug-likeness (QED) is 0.726. The molecule has 0 saturated heterocycles. The Morgan fingerprint density at radius 1 is 0.962 bits per heavy atom. The molecule has 1 heterocycles. The minimum atomic E-state index is -0.360. The Kier molecular flexibility index (Phi) is 5.03. The number of aryl methyl sites for hydroxylation is 1. The standard InChI is InChI=1S/C20H18N2O4/c1-13-9-10-14(21-20(24)18-8-5-11-26-18)12-16(13)22-19(23)15-6-3-4-7-17(15)25-2/h3-12H,1-2H3,(H,21,24)(H,22,23). The summed E-state index contributed by atoms with van der Waals surface area (Å²) in [6, 6.07) is 15.5. The summed E-state index contributed by atoms with van der Waals surface area (Å²) >= 11 is 0. The molecule has 0 aliphatic carbocycles. The van der Waals surface area contributed by atoms with Gasteiger partial charge in [0.15, 0.2) is 5.76 Å². The number of hydrogen-bond donors (Lipinski definition) is 2. The molecule has 26 heavy (non-hydrogen) atoms. The van der Waals surface area contributed by atoms with E-state index in [1.807, 2.05) is 13.0 Å². The predicted octanol–water partition coefficient (Wildman–Crippen LogP) is 4.10. The first-order valence-electron chi connectivity index (χ1n) is 7.98. The normalized spacial score (nSPS) is 10.2. The Morgan fingerprint density at radius 3 is 2.50 bits per heavy atom. The lowest BCUT2D eigenvalue weighted by atomic mass is 10.1. The molecule has 6 heteroatoms. The maximum atomic E-state index is 12.6. The summed E-state index contributed by atoms with van der Waals surface area (Å²) in [5.74, 6) is 0.0519. The monoisotopic (exact) mass is 350 g/mol. The molecule has 0 unspecified atom stereocenters. The number of hydrogen-bond acceptors (Lipinski definition) is 4. The van der Waals surface area contributed by atoms with Gasteiger partial charge in [-0.25, -0.2) is 0 Å². The number of para-hydroxylation sites is 1. The van der Waals surface area contributed by atoms with Crippen molar-refractivity contribution in [3.8, 4) is 5.75 Å².